The zero-order valence-electron chi connectivity index (χ0n) is 8.68. The van der Waals surface area contributed by atoms with Gasteiger partial charge in [-0.1, -0.05) is 0 Å². The summed E-state index contributed by atoms with van der Waals surface area (Å²) in [5.74, 6) is 0.803. The Morgan fingerprint density at radius 3 is 2.67 bits per heavy atom. The maximum atomic E-state index is 5.43. The first kappa shape index (κ1) is 11.0. The summed E-state index contributed by atoms with van der Waals surface area (Å²) in [6.45, 7) is 1.71. The van der Waals surface area contributed by atoms with Crippen LogP contribution < -0.4 is 15.8 Å². The molecule has 0 fully saturated rings. The third-order valence-electron chi connectivity index (χ3n) is 1.34. The molecule has 0 unspecified atom stereocenters. The molecule has 0 spiro atoms. The number of nitrogens with one attached hydrogen (secondary N) is 1. The van der Waals surface area contributed by atoms with Crippen molar-refractivity contribution in [2.45, 2.75) is 6.92 Å². The van der Waals surface area contributed by atoms with Crippen LogP contribution in [0.4, 0.5) is 5.95 Å². The average molecular weight is 212 g/mol. The molecule has 0 saturated heterocycles. The Hall–Kier alpha value is -2.12. The van der Waals surface area contributed by atoms with E-state index in [1.165, 1.54) is 14.2 Å². The first-order chi connectivity index (χ1) is 7.15. The molecule has 1 heterocycles. The summed E-state index contributed by atoms with van der Waals surface area (Å²) >= 11 is 0. The fourth-order valence-electron chi connectivity index (χ4n) is 0.840. The lowest BCUT2D eigenvalue weighted by Gasteiger charge is -2.04. The van der Waals surface area contributed by atoms with Gasteiger partial charge in [0.1, 0.15) is 12.9 Å². The Labute approximate surface area is 86.5 Å². The topological polar surface area (TPSA) is 108 Å². The van der Waals surface area contributed by atoms with Crippen molar-refractivity contribution >= 4 is 11.9 Å². The molecule has 1 aromatic heterocycles. The van der Waals surface area contributed by atoms with Crippen LogP contribution in [0.3, 0.4) is 0 Å². The average Bonchev–Trinajstić information content (AvgIpc) is 2.17. The van der Waals surface area contributed by atoms with E-state index >= 15 is 0 Å². The van der Waals surface area contributed by atoms with Gasteiger partial charge in [-0.2, -0.15) is 15.0 Å². The maximum absolute atomic E-state index is 5.43. The quantitative estimate of drug-likeness (QED) is 0.394. The van der Waals surface area contributed by atoms with E-state index in [-0.39, 0.29) is 17.9 Å². The van der Waals surface area contributed by atoms with Gasteiger partial charge in [-0.05, 0) is 12.1 Å². The molecule has 0 atom stereocenters. The Morgan fingerprint density at radius 1 is 1.33 bits per heavy atom. The van der Waals surface area contributed by atoms with Gasteiger partial charge in [-0.15, -0.1) is 0 Å². The number of anilines is 1. The molecule has 8 heteroatoms. The molecule has 0 aliphatic rings. The second-order valence-corrected chi connectivity index (χ2v) is 2.48. The van der Waals surface area contributed by atoms with E-state index in [9.17, 15) is 0 Å². The van der Waals surface area contributed by atoms with Gasteiger partial charge < -0.3 is 15.3 Å². The van der Waals surface area contributed by atoms with Crippen LogP contribution in [0.25, 0.3) is 0 Å². The number of hydrogen-bond donors (Lipinski definition) is 2. The lowest BCUT2D eigenvalue weighted by Crippen LogP contribution is -2.24. The highest BCUT2D eigenvalue weighted by molar-refractivity contribution is 5.90. The Kier molecular flexibility index (Phi) is 3.61. The summed E-state index contributed by atoms with van der Waals surface area (Å²) in [4.78, 5) is 16.2. The van der Waals surface area contributed by atoms with E-state index in [0.29, 0.717) is 5.82 Å². The minimum Gasteiger partial charge on any atom is -0.467 e. The lowest BCUT2D eigenvalue weighted by atomic mass is 10.7. The van der Waals surface area contributed by atoms with Crippen LogP contribution in [0.2, 0.25) is 0 Å². The molecular formula is C7H12N6O2. The van der Waals surface area contributed by atoms with Crippen molar-refractivity contribution < 1.29 is 9.57 Å². The van der Waals surface area contributed by atoms with Gasteiger partial charge in [0.2, 0.25) is 11.9 Å². The van der Waals surface area contributed by atoms with Gasteiger partial charge >= 0.3 is 6.01 Å². The van der Waals surface area contributed by atoms with Crippen LogP contribution in [0.5, 0.6) is 6.01 Å². The number of oxime groups is 1. The summed E-state index contributed by atoms with van der Waals surface area (Å²) in [7, 11) is 2.85. The predicted octanol–water partition coefficient (Wildman–Crippen LogP) is -0.523. The maximum Gasteiger partial charge on any atom is 0.321 e. The summed E-state index contributed by atoms with van der Waals surface area (Å²) in [5, 5.41) is 6.07. The number of hydrogen-bond acceptors (Lipinski definition) is 6. The van der Waals surface area contributed by atoms with E-state index in [4.69, 9.17) is 10.5 Å². The first-order valence-corrected chi connectivity index (χ1v) is 4.06. The molecule has 1 aromatic rings. The highest BCUT2D eigenvalue weighted by Crippen LogP contribution is 2.05. The van der Waals surface area contributed by atoms with Crippen molar-refractivity contribution in [1.82, 2.24) is 15.0 Å². The smallest absolute Gasteiger partial charge is 0.321 e. The molecule has 8 nitrogen and oxygen atoms in total. The highest BCUT2D eigenvalue weighted by atomic mass is 16.6. The summed E-state index contributed by atoms with van der Waals surface area (Å²) < 4.78 is 4.86. The number of guanidine groups is 1. The molecule has 0 aromatic carbocycles. The molecule has 82 valence electrons. The third kappa shape index (κ3) is 3.25. The van der Waals surface area contributed by atoms with Gasteiger partial charge in [-0.3, -0.25) is 5.32 Å². The van der Waals surface area contributed by atoms with E-state index in [2.05, 4.69) is 30.3 Å². The van der Waals surface area contributed by atoms with Crippen LogP contribution in [-0.4, -0.2) is 35.1 Å². The predicted molar refractivity (Wildman–Crippen MR) is 53.4 cm³/mol. The molecular weight excluding hydrogens is 200 g/mol. The normalized spacial score (nSPS) is 11.0. The van der Waals surface area contributed by atoms with Crippen molar-refractivity contribution in [3.63, 3.8) is 0 Å². The second kappa shape index (κ2) is 4.94. The second-order valence-electron chi connectivity index (χ2n) is 2.48. The van der Waals surface area contributed by atoms with Gasteiger partial charge in [0.25, 0.3) is 0 Å². The van der Waals surface area contributed by atoms with Gasteiger partial charge in [-0.25, -0.2) is 0 Å². The molecule has 0 saturated carbocycles. The zero-order chi connectivity index (χ0) is 11.3. The standard InChI is InChI=1S/C7H12N6O2/c1-4-9-6(11-5(8)13-15-3)12-7(10-4)14-2/h1-3H3,(H3,8,9,10,11,12,13). The van der Waals surface area contributed by atoms with Crippen LogP contribution >= 0.6 is 0 Å². The zero-order valence-corrected chi connectivity index (χ0v) is 8.68. The summed E-state index contributed by atoms with van der Waals surface area (Å²) in [6.07, 6.45) is 0. The lowest BCUT2D eigenvalue weighted by molar-refractivity contribution is 0.213. The van der Waals surface area contributed by atoms with Crippen LogP contribution in [0.1, 0.15) is 5.82 Å². The molecule has 0 aliphatic heterocycles. The number of nitrogens with two attached hydrogens (primary N) is 1. The number of ether oxygens (including phenoxy) is 1. The van der Waals surface area contributed by atoms with Gasteiger partial charge in [0.15, 0.2) is 0 Å². The monoisotopic (exact) mass is 212 g/mol. The van der Waals surface area contributed by atoms with E-state index < -0.39 is 0 Å². The van der Waals surface area contributed by atoms with E-state index in [0.717, 1.165) is 0 Å². The molecule has 0 bridgehead atoms. The van der Waals surface area contributed by atoms with Crippen molar-refractivity contribution in [1.29, 1.82) is 0 Å². The number of nitrogens with zero attached hydrogens (tertiary/aromatic N) is 4. The fraction of sp³-hybridized carbons (Fsp3) is 0.429. The van der Waals surface area contributed by atoms with E-state index in [1.807, 2.05) is 0 Å². The van der Waals surface area contributed by atoms with Crippen LogP contribution in [-0.2, 0) is 4.84 Å². The summed E-state index contributed by atoms with van der Waals surface area (Å²) in [5.41, 5.74) is 5.43. The molecule has 1 rings (SSSR count). The number of aromatic nitrogens is 3. The Balaban J connectivity index is 2.85. The van der Waals surface area contributed by atoms with Crippen molar-refractivity contribution in [3.05, 3.63) is 5.82 Å². The Morgan fingerprint density at radius 2 is 2.07 bits per heavy atom. The van der Waals surface area contributed by atoms with E-state index in [1.54, 1.807) is 6.92 Å². The summed E-state index contributed by atoms with van der Waals surface area (Å²) in [6, 6.07) is 0.204. The van der Waals surface area contributed by atoms with Crippen LogP contribution in [0, 0.1) is 6.92 Å². The minimum absolute atomic E-state index is 0.0464. The van der Waals surface area contributed by atoms with Crippen molar-refractivity contribution in [2.24, 2.45) is 10.9 Å². The molecule has 15 heavy (non-hydrogen) atoms. The van der Waals surface area contributed by atoms with Crippen LogP contribution in [0.15, 0.2) is 5.16 Å². The number of methoxy groups -OCH3 is 1. The minimum atomic E-state index is 0.0464. The highest BCUT2D eigenvalue weighted by Gasteiger charge is 2.04. The molecule has 0 amide bonds. The molecule has 3 N–H and O–H groups in total. The first-order valence-electron chi connectivity index (χ1n) is 4.06. The molecule has 0 aliphatic carbocycles. The third-order valence-corrected chi connectivity index (χ3v) is 1.34. The van der Waals surface area contributed by atoms with Crippen molar-refractivity contribution in [2.75, 3.05) is 19.5 Å². The SMILES string of the molecule is CO/N=C(\N)Nc1nc(C)nc(OC)n1. The van der Waals surface area contributed by atoms with Gasteiger partial charge in [0.05, 0.1) is 7.11 Å². The number of aryl methyl sites for hydroxylation is 1. The van der Waals surface area contributed by atoms with Crippen molar-refractivity contribution in [3.8, 4) is 6.01 Å². The Bertz CT molecular complexity index is 366. The van der Waals surface area contributed by atoms with Gasteiger partial charge in [0, 0.05) is 0 Å². The number of rotatable bonds is 3. The largest absolute Gasteiger partial charge is 0.467 e. The molecule has 0 radical (unpaired) electrons. The fourth-order valence-corrected chi connectivity index (χ4v) is 0.840.